The molecule has 0 aromatic carbocycles. The van der Waals surface area contributed by atoms with Crippen molar-refractivity contribution in [3.63, 3.8) is 0 Å². The molecule has 1 amide bonds. The number of carbonyl (C=O) groups is 2. The second-order valence-corrected chi connectivity index (χ2v) is 7.90. The van der Waals surface area contributed by atoms with E-state index in [1.54, 1.807) is 16.4 Å². The summed E-state index contributed by atoms with van der Waals surface area (Å²) < 4.78 is 1.78. The van der Waals surface area contributed by atoms with Gasteiger partial charge in [-0.15, -0.1) is 0 Å². The van der Waals surface area contributed by atoms with Crippen molar-refractivity contribution in [2.24, 2.45) is 0 Å². The largest absolute Gasteiger partial charge is 0.480 e. The lowest BCUT2D eigenvalue weighted by molar-refractivity contribution is -0.144. The van der Waals surface area contributed by atoms with Gasteiger partial charge >= 0.3 is 5.97 Å². The molecule has 0 unspecified atom stereocenters. The molecule has 0 spiro atoms. The average Bonchev–Trinajstić information content (AvgIpc) is 2.81. The van der Waals surface area contributed by atoms with Gasteiger partial charge in [0.25, 0.3) is 5.91 Å². The molecule has 2 heterocycles. The first-order valence-electron chi connectivity index (χ1n) is 7.36. The molecule has 0 saturated carbocycles. The molecule has 22 heavy (non-hydrogen) atoms. The summed E-state index contributed by atoms with van der Waals surface area (Å²) in [5.74, 6) is 0.170. The lowest BCUT2D eigenvalue weighted by Crippen LogP contribution is -2.56. The summed E-state index contributed by atoms with van der Waals surface area (Å²) in [5, 5.41) is 16.6. The van der Waals surface area contributed by atoms with Crippen molar-refractivity contribution in [3.8, 4) is 0 Å². The third kappa shape index (κ3) is 3.14. The van der Waals surface area contributed by atoms with E-state index in [-0.39, 0.29) is 11.4 Å². The van der Waals surface area contributed by atoms with Gasteiger partial charge in [0.05, 0.1) is 17.3 Å². The van der Waals surface area contributed by atoms with Gasteiger partial charge in [-0.1, -0.05) is 0 Å². The second kappa shape index (κ2) is 5.95. The topological polar surface area (TPSA) is 84.2 Å². The van der Waals surface area contributed by atoms with Gasteiger partial charge in [-0.2, -0.15) is 16.9 Å². The lowest BCUT2D eigenvalue weighted by Gasteiger charge is -2.33. The zero-order valence-corrected chi connectivity index (χ0v) is 14.3. The Balaban J connectivity index is 2.25. The molecule has 0 aliphatic carbocycles. The van der Waals surface area contributed by atoms with E-state index in [0.29, 0.717) is 18.4 Å². The number of hydrogen-bond acceptors (Lipinski definition) is 4. The molecule has 2 N–H and O–H groups in total. The maximum absolute atomic E-state index is 12.5. The second-order valence-electron chi connectivity index (χ2n) is 6.68. The third-order valence-electron chi connectivity index (χ3n) is 4.00. The maximum atomic E-state index is 12.5. The summed E-state index contributed by atoms with van der Waals surface area (Å²) in [4.78, 5) is 24.2. The first-order chi connectivity index (χ1) is 10.2. The highest BCUT2D eigenvalue weighted by molar-refractivity contribution is 7.99. The van der Waals surface area contributed by atoms with Crippen LogP contribution in [0.15, 0.2) is 6.20 Å². The molecule has 0 bridgehead atoms. The van der Waals surface area contributed by atoms with E-state index in [4.69, 9.17) is 0 Å². The Morgan fingerprint density at radius 3 is 2.41 bits per heavy atom. The fourth-order valence-electron chi connectivity index (χ4n) is 2.71. The fourth-order valence-corrected chi connectivity index (χ4v) is 3.90. The van der Waals surface area contributed by atoms with Crippen molar-refractivity contribution < 1.29 is 14.7 Å². The Labute approximate surface area is 134 Å². The van der Waals surface area contributed by atoms with Crippen LogP contribution in [0.2, 0.25) is 0 Å². The molecule has 1 aromatic rings. The highest BCUT2D eigenvalue weighted by Crippen LogP contribution is 2.28. The number of aliphatic carboxylic acids is 1. The minimum absolute atomic E-state index is 0.228. The third-order valence-corrected chi connectivity index (χ3v) is 4.98. The predicted molar refractivity (Wildman–Crippen MR) is 86.4 cm³/mol. The number of nitrogens with zero attached hydrogens (tertiary/aromatic N) is 2. The molecular weight excluding hydrogens is 302 g/mol. The van der Waals surface area contributed by atoms with Crippen LogP contribution in [0.25, 0.3) is 0 Å². The van der Waals surface area contributed by atoms with Gasteiger partial charge in [0, 0.05) is 5.69 Å². The van der Waals surface area contributed by atoms with Gasteiger partial charge < -0.3 is 10.4 Å². The van der Waals surface area contributed by atoms with Gasteiger partial charge in [-0.3, -0.25) is 9.48 Å². The van der Waals surface area contributed by atoms with Crippen LogP contribution in [0.1, 0.15) is 49.7 Å². The predicted octanol–water partition coefficient (Wildman–Crippen LogP) is 2.03. The smallest absolute Gasteiger partial charge is 0.329 e. The molecule has 7 heteroatoms. The summed E-state index contributed by atoms with van der Waals surface area (Å²) in [6.07, 6.45) is 2.42. The zero-order valence-electron chi connectivity index (χ0n) is 13.5. The summed E-state index contributed by atoms with van der Waals surface area (Å²) in [6.45, 7) is 7.85. The number of thioether (sulfide) groups is 1. The normalized spacial score (nSPS) is 18.0. The molecular formula is C15H23N3O3S. The van der Waals surface area contributed by atoms with E-state index in [9.17, 15) is 14.7 Å². The highest BCUT2D eigenvalue weighted by atomic mass is 32.2. The lowest BCUT2D eigenvalue weighted by atomic mass is 9.92. The molecule has 1 fully saturated rings. The number of nitrogens with one attached hydrogen (secondary N) is 1. The van der Waals surface area contributed by atoms with E-state index >= 15 is 0 Å². The monoisotopic (exact) mass is 325 g/mol. The van der Waals surface area contributed by atoms with Crippen LogP contribution in [-0.4, -0.2) is 43.8 Å². The minimum Gasteiger partial charge on any atom is -0.480 e. The Hall–Kier alpha value is -1.50. The quantitative estimate of drug-likeness (QED) is 0.888. The standard InChI is InChI=1S/C15H23N3O3S/c1-10-11(9-16-18(10)14(2,3)4)12(19)17-15(13(20)21)5-7-22-8-6-15/h9H,5-8H2,1-4H3,(H,17,19)(H,20,21). The van der Waals surface area contributed by atoms with Crippen molar-refractivity contribution in [3.05, 3.63) is 17.5 Å². The van der Waals surface area contributed by atoms with Crippen LogP contribution in [0.4, 0.5) is 0 Å². The van der Waals surface area contributed by atoms with E-state index < -0.39 is 11.5 Å². The Morgan fingerprint density at radius 1 is 1.36 bits per heavy atom. The van der Waals surface area contributed by atoms with Gasteiger partial charge in [0.15, 0.2) is 0 Å². The summed E-state index contributed by atoms with van der Waals surface area (Å²) >= 11 is 1.72. The number of aromatic nitrogens is 2. The van der Waals surface area contributed by atoms with Gasteiger partial charge in [-0.05, 0) is 52.0 Å². The highest BCUT2D eigenvalue weighted by Gasteiger charge is 2.42. The van der Waals surface area contributed by atoms with E-state index in [0.717, 1.165) is 17.2 Å². The summed E-state index contributed by atoms with van der Waals surface area (Å²) in [7, 11) is 0. The maximum Gasteiger partial charge on any atom is 0.329 e. The Kier molecular flexibility index (Phi) is 4.56. The summed E-state index contributed by atoms with van der Waals surface area (Å²) in [5.41, 5.74) is -0.197. The number of rotatable bonds is 3. The molecule has 1 aliphatic heterocycles. The number of carboxylic acids is 1. The van der Waals surface area contributed by atoms with E-state index in [1.807, 2.05) is 27.7 Å². The van der Waals surface area contributed by atoms with Crippen LogP contribution in [0.3, 0.4) is 0 Å². The fraction of sp³-hybridized carbons (Fsp3) is 0.667. The minimum atomic E-state index is -1.15. The van der Waals surface area contributed by atoms with Crippen molar-refractivity contribution in [2.75, 3.05) is 11.5 Å². The molecule has 122 valence electrons. The molecule has 2 rings (SSSR count). The number of amides is 1. The van der Waals surface area contributed by atoms with E-state index in [1.165, 1.54) is 6.20 Å². The van der Waals surface area contributed by atoms with Crippen LogP contribution < -0.4 is 5.32 Å². The molecule has 1 saturated heterocycles. The molecule has 6 nitrogen and oxygen atoms in total. The van der Waals surface area contributed by atoms with Gasteiger partial charge in [0.1, 0.15) is 5.54 Å². The SMILES string of the molecule is Cc1c(C(=O)NC2(C(=O)O)CCSCC2)cnn1C(C)(C)C. The van der Waals surface area contributed by atoms with Crippen molar-refractivity contribution in [1.29, 1.82) is 0 Å². The zero-order chi connectivity index (χ0) is 16.5. The summed E-state index contributed by atoms with van der Waals surface area (Å²) in [6, 6.07) is 0. The van der Waals surface area contributed by atoms with Gasteiger partial charge in [-0.25, -0.2) is 4.79 Å². The Morgan fingerprint density at radius 2 is 1.95 bits per heavy atom. The van der Waals surface area contributed by atoms with Crippen molar-refractivity contribution in [2.45, 2.75) is 51.6 Å². The molecule has 1 aliphatic rings. The van der Waals surface area contributed by atoms with Gasteiger partial charge in [0.2, 0.25) is 0 Å². The van der Waals surface area contributed by atoms with Crippen LogP contribution >= 0.6 is 11.8 Å². The first kappa shape index (κ1) is 16.9. The number of carbonyl (C=O) groups excluding carboxylic acids is 1. The number of hydrogen-bond donors (Lipinski definition) is 2. The van der Waals surface area contributed by atoms with Crippen LogP contribution in [0.5, 0.6) is 0 Å². The first-order valence-corrected chi connectivity index (χ1v) is 8.52. The van der Waals surface area contributed by atoms with E-state index in [2.05, 4.69) is 10.4 Å². The molecule has 1 aromatic heterocycles. The molecule has 0 radical (unpaired) electrons. The van der Waals surface area contributed by atoms with Crippen molar-refractivity contribution >= 4 is 23.6 Å². The molecule has 0 atom stereocenters. The van der Waals surface area contributed by atoms with Crippen LogP contribution in [-0.2, 0) is 10.3 Å². The van der Waals surface area contributed by atoms with Crippen molar-refractivity contribution in [1.82, 2.24) is 15.1 Å². The van der Waals surface area contributed by atoms with Crippen LogP contribution in [0, 0.1) is 6.92 Å². The average molecular weight is 325 g/mol. The Bertz CT molecular complexity index is 583. The number of carboxylic acid groups (broad SMARTS) is 1.